The predicted octanol–water partition coefficient (Wildman–Crippen LogP) is 4.53. The molecule has 2 N–H and O–H groups in total. The summed E-state index contributed by atoms with van der Waals surface area (Å²) < 4.78 is 0. The summed E-state index contributed by atoms with van der Waals surface area (Å²) in [5.41, 5.74) is 3.42. The van der Waals surface area contributed by atoms with Crippen LogP contribution in [0.4, 0.5) is 0 Å². The summed E-state index contributed by atoms with van der Waals surface area (Å²) in [6, 6.07) is 16.6. The zero-order valence-corrected chi connectivity index (χ0v) is 14.3. The molecule has 3 aromatic rings. The van der Waals surface area contributed by atoms with Crippen molar-refractivity contribution in [3.05, 3.63) is 81.5 Å². The molecule has 5 heteroatoms. The molecule has 0 spiro atoms. The number of aliphatic hydroxyl groups is 1. The monoisotopic (exact) mass is 357 g/mol. The summed E-state index contributed by atoms with van der Waals surface area (Å²) in [4.78, 5) is 12.1. The minimum absolute atomic E-state index is 0.127. The Morgan fingerprint density at radius 3 is 2.50 bits per heavy atom. The fourth-order valence-electron chi connectivity index (χ4n) is 2.37. The number of aliphatic hydroxyl groups excluding tert-OH is 1. The van der Waals surface area contributed by atoms with Gasteiger partial charge in [0, 0.05) is 6.54 Å². The molecule has 24 heavy (non-hydrogen) atoms. The Morgan fingerprint density at radius 2 is 1.83 bits per heavy atom. The summed E-state index contributed by atoms with van der Waals surface area (Å²) in [7, 11) is 0. The van der Waals surface area contributed by atoms with Crippen LogP contribution in [0.1, 0.15) is 22.0 Å². The van der Waals surface area contributed by atoms with Gasteiger partial charge in [-0.3, -0.25) is 4.79 Å². The van der Waals surface area contributed by atoms with E-state index < -0.39 is 6.10 Å². The van der Waals surface area contributed by atoms with E-state index in [4.69, 9.17) is 11.6 Å². The van der Waals surface area contributed by atoms with E-state index >= 15 is 0 Å². The van der Waals surface area contributed by atoms with Gasteiger partial charge in [-0.05, 0) is 45.6 Å². The fourth-order valence-corrected chi connectivity index (χ4v) is 3.26. The van der Waals surface area contributed by atoms with Gasteiger partial charge < -0.3 is 10.4 Å². The summed E-state index contributed by atoms with van der Waals surface area (Å²) in [5, 5.41) is 17.5. The first-order valence-corrected chi connectivity index (χ1v) is 8.80. The van der Waals surface area contributed by atoms with Gasteiger partial charge in [0.05, 0.1) is 16.7 Å². The summed E-state index contributed by atoms with van der Waals surface area (Å²) in [6.07, 6.45) is -0.770. The molecule has 1 unspecified atom stereocenters. The molecule has 1 aromatic heterocycles. The molecular weight excluding hydrogens is 342 g/mol. The van der Waals surface area contributed by atoms with Crippen molar-refractivity contribution >= 4 is 28.8 Å². The number of amides is 1. The molecule has 0 fully saturated rings. The molecule has 2 aromatic carbocycles. The Bertz CT molecular complexity index is 816. The maximum atomic E-state index is 12.1. The first-order chi connectivity index (χ1) is 11.6. The van der Waals surface area contributed by atoms with Crippen molar-refractivity contribution in [1.82, 2.24) is 5.32 Å². The van der Waals surface area contributed by atoms with Gasteiger partial charge in [0.25, 0.3) is 5.91 Å². The lowest BCUT2D eigenvalue weighted by atomic mass is 10.0. The molecular formula is C19H16ClNO2S. The number of thiophene rings is 1. The van der Waals surface area contributed by atoms with E-state index in [0.717, 1.165) is 16.7 Å². The smallest absolute Gasteiger partial charge is 0.252 e. The van der Waals surface area contributed by atoms with Gasteiger partial charge in [0.2, 0.25) is 0 Å². The van der Waals surface area contributed by atoms with Gasteiger partial charge in [-0.25, -0.2) is 0 Å². The molecule has 0 aliphatic carbocycles. The number of benzene rings is 2. The average molecular weight is 358 g/mol. The summed E-state index contributed by atoms with van der Waals surface area (Å²) in [5.74, 6) is -0.297. The molecule has 1 heterocycles. The van der Waals surface area contributed by atoms with Crippen LogP contribution < -0.4 is 5.32 Å². The van der Waals surface area contributed by atoms with Crippen molar-refractivity contribution in [2.24, 2.45) is 0 Å². The predicted molar refractivity (Wildman–Crippen MR) is 98.5 cm³/mol. The van der Waals surface area contributed by atoms with Crippen LogP contribution in [0, 0.1) is 0 Å². The van der Waals surface area contributed by atoms with E-state index in [1.54, 1.807) is 35.6 Å². The van der Waals surface area contributed by atoms with E-state index in [2.05, 4.69) is 16.8 Å². The van der Waals surface area contributed by atoms with Crippen LogP contribution in [0.15, 0.2) is 65.4 Å². The minimum atomic E-state index is -0.770. The highest BCUT2D eigenvalue weighted by molar-refractivity contribution is 7.08. The van der Waals surface area contributed by atoms with Crippen LogP contribution in [0.2, 0.25) is 5.02 Å². The van der Waals surface area contributed by atoms with Crippen molar-refractivity contribution in [3.63, 3.8) is 0 Å². The van der Waals surface area contributed by atoms with Crippen LogP contribution in [0.3, 0.4) is 0 Å². The van der Waals surface area contributed by atoms with E-state index in [-0.39, 0.29) is 12.5 Å². The quantitative estimate of drug-likeness (QED) is 0.704. The molecule has 1 atom stereocenters. The SMILES string of the molecule is O=C(NCC(O)c1ccc(-c2ccsc2)cc1)c1ccccc1Cl. The van der Waals surface area contributed by atoms with Crippen molar-refractivity contribution in [1.29, 1.82) is 0 Å². The zero-order valence-electron chi connectivity index (χ0n) is 12.8. The van der Waals surface area contributed by atoms with Crippen molar-refractivity contribution in [2.75, 3.05) is 6.54 Å². The third-order valence-corrected chi connectivity index (χ3v) is 4.74. The molecule has 3 nitrogen and oxygen atoms in total. The number of halogens is 1. The van der Waals surface area contributed by atoms with Gasteiger partial charge in [0.1, 0.15) is 0 Å². The summed E-state index contributed by atoms with van der Waals surface area (Å²) >= 11 is 7.64. The lowest BCUT2D eigenvalue weighted by molar-refractivity contribution is 0.0916. The molecule has 0 aliphatic heterocycles. The maximum absolute atomic E-state index is 12.1. The molecule has 122 valence electrons. The van der Waals surface area contributed by atoms with Gasteiger partial charge in [-0.15, -0.1) is 0 Å². The second-order valence-corrected chi connectivity index (χ2v) is 6.53. The van der Waals surface area contributed by atoms with Crippen molar-refractivity contribution < 1.29 is 9.90 Å². The van der Waals surface area contributed by atoms with E-state index in [9.17, 15) is 9.90 Å². The Balaban J connectivity index is 1.62. The molecule has 3 rings (SSSR count). The zero-order chi connectivity index (χ0) is 16.9. The number of hydrogen-bond acceptors (Lipinski definition) is 3. The molecule has 1 amide bonds. The highest BCUT2D eigenvalue weighted by atomic mass is 35.5. The van der Waals surface area contributed by atoms with Gasteiger partial charge in [-0.2, -0.15) is 11.3 Å². The Labute approximate surface area is 149 Å². The molecule has 0 saturated carbocycles. The number of hydrogen-bond donors (Lipinski definition) is 2. The number of carbonyl (C=O) groups excluding carboxylic acids is 1. The van der Waals surface area contributed by atoms with Gasteiger partial charge >= 0.3 is 0 Å². The van der Waals surface area contributed by atoms with Crippen LogP contribution in [0.5, 0.6) is 0 Å². The Hall–Kier alpha value is -2.14. The molecule has 0 saturated heterocycles. The first-order valence-electron chi connectivity index (χ1n) is 7.48. The van der Waals surface area contributed by atoms with Crippen LogP contribution in [-0.2, 0) is 0 Å². The number of nitrogens with one attached hydrogen (secondary N) is 1. The largest absolute Gasteiger partial charge is 0.387 e. The number of rotatable bonds is 5. The van der Waals surface area contributed by atoms with E-state index in [1.807, 2.05) is 29.6 Å². The van der Waals surface area contributed by atoms with Crippen molar-refractivity contribution in [3.8, 4) is 11.1 Å². The van der Waals surface area contributed by atoms with Crippen molar-refractivity contribution in [2.45, 2.75) is 6.10 Å². The second kappa shape index (κ2) is 7.62. The maximum Gasteiger partial charge on any atom is 0.252 e. The fraction of sp³-hybridized carbons (Fsp3) is 0.105. The molecule has 0 aliphatic rings. The first kappa shape index (κ1) is 16.7. The van der Waals surface area contributed by atoms with Crippen LogP contribution >= 0.6 is 22.9 Å². The number of carbonyl (C=O) groups is 1. The highest BCUT2D eigenvalue weighted by Gasteiger charge is 2.13. The Kier molecular flexibility index (Phi) is 5.30. The topological polar surface area (TPSA) is 49.3 Å². The molecule has 0 bridgehead atoms. The third-order valence-electron chi connectivity index (χ3n) is 3.72. The second-order valence-electron chi connectivity index (χ2n) is 5.34. The third kappa shape index (κ3) is 3.85. The Morgan fingerprint density at radius 1 is 1.08 bits per heavy atom. The van der Waals surface area contributed by atoms with Gasteiger partial charge in [-0.1, -0.05) is 48.0 Å². The van der Waals surface area contributed by atoms with Crippen LogP contribution in [-0.4, -0.2) is 17.6 Å². The van der Waals surface area contributed by atoms with Gasteiger partial charge in [0.15, 0.2) is 0 Å². The minimum Gasteiger partial charge on any atom is -0.387 e. The van der Waals surface area contributed by atoms with E-state index in [1.165, 1.54) is 0 Å². The highest BCUT2D eigenvalue weighted by Crippen LogP contribution is 2.24. The standard InChI is InChI=1S/C19H16ClNO2S/c20-17-4-2-1-3-16(17)19(23)21-11-18(22)14-7-5-13(6-8-14)15-9-10-24-12-15/h1-10,12,18,22H,11H2,(H,21,23). The average Bonchev–Trinajstić information content (AvgIpc) is 3.14. The lowest BCUT2D eigenvalue weighted by Gasteiger charge is -2.13. The van der Waals surface area contributed by atoms with Crippen LogP contribution in [0.25, 0.3) is 11.1 Å². The normalized spacial score (nSPS) is 11.9. The molecule has 0 radical (unpaired) electrons. The lowest BCUT2D eigenvalue weighted by Crippen LogP contribution is -2.28. The van der Waals surface area contributed by atoms with E-state index in [0.29, 0.717) is 10.6 Å². The summed E-state index contributed by atoms with van der Waals surface area (Å²) in [6.45, 7) is 0.127.